The Morgan fingerprint density at radius 1 is 1.30 bits per heavy atom. The molecular formula is C21H24N4O5. The third kappa shape index (κ3) is 3.40. The summed E-state index contributed by atoms with van der Waals surface area (Å²) in [4.78, 5) is 43.3. The van der Waals surface area contributed by atoms with E-state index in [9.17, 15) is 14.4 Å². The van der Waals surface area contributed by atoms with Gasteiger partial charge in [-0.05, 0) is 44.7 Å². The van der Waals surface area contributed by atoms with Gasteiger partial charge in [0.05, 0.1) is 25.7 Å². The molecule has 9 nitrogen and oxygen atoms in total. The van der Waals surface area contributed by atoms with Crippen LogP contribution < -0.4 is 16.0 Å². The van der Waals surface area contributed by atoms with E-state index in [1.165, 1.54) is 20.0 Å². The van der Waals surface area contributed by atoms with Crippen molar-refractivity contribution >= 4 is 17.1 Å². The monoisotopic (exact) mass is 412 g/mol. The van der Waals surface area contributed by atoms with Gasteiger partial charge in [0.1, 0.15) is 11.8 Å². The van der Waals surface area contributed by atoms with Crippen LogP contribution in [0, 0.1) is 5.92 Å². The Bertz CT molecular complexity index is 1220. The number of hydrogen-bond donors (Lipinski definition) is 0. The van der Waals surface area contributed by atoms with Crippen molar-refractivity contribution in [3.8, 4) is 11.4 Å². The van der Waals surface area contributed by atoms with E-state index in [4.69, 9.17) is 9.47 Å². The summed E-state index contributed by atoms with van der Waals surface area (Å²) >= 11 is 0. The highest BCUT2D eigenvalue weighted by Crippen LogP contribution is 2.30. The number of ether oxygens (including phenoxy) is 2. The highest BCUT2D eigenvalue weighted by Gasteiger charge is 2.28. The van der Waals surface area contributed by atoms with Gasteiger partial charge in [0.2, 0.25) is 0 Å². The summed E-state index contributed by atoms with van der Waals surface area (Å²) in [6.45, 7) is 3.94. The van der Waals surface area contributed by atoms with E-state index in [1.54, 1.807) is 45.2 Å². The van der Waals surface area contributed by atoms with Crippen molar-refractivity contribution in [2.24, 2.45) is 5.92 Å². The van der Waals surface area contributed by atoms with Gasteiger partial charge < -0.3 is 14.0 Å². The molecule has 1 fully saturated rings. The standard InChI is InChI=1S/C21H24N4O5/c1-4-30-20(27)13(2)24-12-22-18-17(24)19(26)23(11-14-8-9-14)21(28)25(18)15-6-5-7-16(10-15)29-3/h5-7,10,12-14H,4,8-9,11H2,1-3H3/t13-/m0/s1. The molecule has 0 spiro atoms. The zero-order valence-electron chi connectivity index (χ0n) is 17.2. The zero-order valence-corrected chi connectivity index (χ0v) is 17.2. The summed E-state index contributed by atoms with van der Waals surface area (Å²) < 4.78 is 14.5. The van der Waals surface area contributed by atoms with Crippen LogP contribution in [0.4, 0.5) is 0 Å². The Labute approximate surface area is 172 Å². The Morgan fingerprint density at radius 3 is 2.73 bits per heavy atom. The van der Waals surface area contributed by atoms with E-state index in [1.807, 2.05) is 0 Å². The van der Waals surface area contributed by atoms with Gasteiger partial charge in [-0.2, -0.15) is 0 Å². The number of imidazole rings is 1. The third-order valence-corrected chi connectivity index (χ3v) is 5.35. The van der Waals surface area contributed by atoms with Gasteiger partial charge >= 0.3 is 11.7 Å². The first-order chi connectivity index (χ1) is 14.5. The van der Waals surface area contributed by atoms with Crippen LogP contribution in [0.1, 0.15) is 32.7 Å². The molecule has 0 amide bonds. The van der Waals surface area contributed by atoms with Crippen molar-refractivity contribution in [3.63, 3.8) is 0 Å². The van der Waals surface area contributed by atoms with Gasteiger partial charge in [0.15, 0.2) is 11.2 Å². The smallest absolute Gasteiger partial charge is 0.337 e. The SMILES string of the molecule is CCOC(=O)[C@H](C)n1cnc2c1c(=O)n(CC1CC1)c(=O)n2-c1cccc(OC)c1. The summed E-state index contributed by atoms with van der Waals surface area (Å²) in [5, 5.41) is 0. The number of esters is 1. The second kappa shape index (κ2) is 7.81. The molecule has 1 aliphatic rings. The molecule has 9 heteroatoms. The van der Waals surface area contributed by atoms with Gasteiger partial charge in [-0.1, -0.05) is 6.07 Å². The highest BCUT2D eigenvalue weighted by atomic mass is 16.5. The van der Waals surface area contributed by atoms with Gasteiger partial charge in [-0.3, -0.25) is 9.36 Å². The van der Waals surface area contributed by atoms with Crippen LogP contribution in [-0.4, -0.2) is 38.4 Å². The number of carbonyl (C=O) groups is 1. The molecule has 2 aromatic heterocycles. The zero-order chi connectivity index (χ0) is 21.4. The Morgan fingerprint density at radius 2 is 2.07 bits per heavy atom. The Kier molecular flexibility index (Phi) is 5.19. The summed E-state index contributed by atoms with van der Waals surface area (Å²) in [5.41, 5.74) is 0.0133. The second-order valence-electron chi connectivity index (χ2n) is 7.43. The Hall–Kier alpha value is -3.36. The normalized spacial score (nSPS) is 14.6. The van der Waals surface area contributed by atoms with Gasteiger partial charge in [-0.25, -0.2) is 19.1 Å². The van der Waals surface area contributed by atoms with Crippen molar-refractivity contribution < 1.29 is 14.3 Å². The molecule has 3 aromatic rings. The minimum Gasteiger partial charge on any atom is -0.497 e. The van der Waals surface area contributed by atoms with Crippen molar-refractivity contribution in [1.82, 2.24) is 18.7 Å². The van der Waals surface area contributed by atoms with E-state index >= 15 is 0 Å². The summed E-state index contributed by atoms with van der Waals surface area (Å²) in [6.07, 6.45) is 3.38. The van der Waals surface area contributed by atoms with E-state index in [0.29, 0.717) is 23.9 Å². The molecule has 30 heavy (non-hydrogen) atoms. The molecule has 1 atom stereocenters. The molecule has 2 heterocycles. The highest BCUT2D eigenvalue weighted by molar-refractivity contribution is 5.79. The lowest BCUT2D eigenvalue weighted by Crippen LogP contribution is -2.41. The Balaban J connectivity index is 2.00. The molecule has 0 aliphatic heterocycles. The van der Waals surface area contributed by atoms with Crippen LogP contribution in [0.3, 0.4) is 0 Å². The largest absolute Gasteiger partial charge is 0.497 e. The summed E-state index contributed by atoms with van der Waals surface area (Å²) in [5.74, 6) is 0.418. The molecule has 0 radical (unpaired) electrons. The first-order valence-electron chi connectivity index (χ1n) is 9.99. The van der Waals surface area contributed by atoms with Crippen LogP contribution in [0.2, 0.25) is 0 Å². The van der Waals surface area contributed by atoms with Gasteiger partial charge in [0.25, 0.3) is 5.56 Å². The molecule has 1 aromatic carbocycles. The van der Waals surface area contributed by atoms with Crippen molar-refractivity contribution in [2.45, 2.75) is 39.3 Å². The quantitative estimate of drug-likeness (QED) is 0.550. The summed E-state index contributed by atoms with van der Waals surface area (Å²) in [7, 11) is 1.54. The second-order valence-corrected chi connectivity index (χ2v) is 7.43. The number of rotatable bonds is 7. The fraction of sp³-hybridized carbons (Fsp3) is 0.429. The van der Waals surface area contributed by atoms with Crippen molar-refractivity contribution in [2.75, 3.05) is 13.7 Å². The lowest BCUT2D eigenvalue weighted by Gasteiger charge is -2.15. The van der Waals surface area contributed by atoms with E-state index in [-0.39, 0.29) is 17.8 Å². The molecule has 1 aliphatic carbocycles. The maximum atomic E-state index is 13.3. The molecule has 0 bridgehead atoms. The molecule has 158 valence electrons. The molecule has 0 N–H and O–H groups in total. The fourth-order valence-corrected chi connectivity index (χ4v) is 3.52. The molecule has 0 unspecified atom stereocenters. The number of methoxy groups -OCH3 is 1. The predicted octanol–water partition coefficient (Wildman–Crippen LogP) is 1.89. The van der Waals surface area contributed by atoms with Crippen molar-refractivity contribution in [1.29, 1.82) is 0 Å². The molecule has 4 rings (SSSR count). The van der Waals surface area contributed by atoms with Crippen LogP contribution >= 0.6 is 0 Å². The van der Waals surface area contributed by atoms with Crippen molar-refractivity contribution in [3.05, 3.63) is 51.4 Å². The number of aromatic nitrogens is 4. The fourth-order valence-electron chi connectivity index (χ4n) is 3.52. The van der Waals surface area contributed by atoms with E-state index in [0.717, 1.165) is 12.8 Å². The average Bonchev–Trinajstić information content (AvgIpc) is 3.47. The third-order valence-electron chi connectivity index (χ3n) is 5.35. The minimum absolute atomic E-state index is 0.193. The lowest BCUT2D eigenvalue weighted by molar-refractivity contribution is -0.146. The summed E-state index contributed by atoms with van der Waals surface area (Å²) in [6, 6.07) is 6.24. The van der Waals surface area contributed by atoms with Crippen LogP contribution in [0.25, 0.3) is 16.9 Å². The number of benzene rings is 1. The maximum Gasteiger partial charge on any atom is 0.337 e. The topological polar surface area (TPSA) is 97.4 Å². The number of carbonyl (C=O) groups excluding carboxylic acids is 1. The maximum absolute atomic E-state index is 13.3. The minimum atomic E-state index is -0.756. The van der Waals surface area contributed by atoms with Gasteiger partial charge in [0, 0.05) is 12.6 Å². The van der Waals surface area contributed by atoms with E-state index in [2.05, 4.69) is 4.98 Å². The van der Waals surface area contributed by atoms with Gasteiger partial charge in [-0.15, -0.1) is 0 Å². The first kappa shape index (κ1) is 19.9. The molecule has 1 saturated carbocycles. The van der Waals surface area contributed by atoms with Crippen LogP contribution in [-0.2, 0) is 16.1 Å². The number of hydrogen-bond acceptors (Lipinski definition) is 6. The first-order valence-corrected chi connectivity index (χ1v) is 9.99. The van der Waals surface area contributed by atoms with Crippen LogP contribution in [0.15, 0.2) is 40.2 Å². The number of fused-ring (bicyclic) bond motifs is 1. The predicted molar refractivity (Wildman–Crippen MR) is 110 cm³/mol. The van der Waals surface area contributed by atoms with E-state index < -0.39 is 23.3 Å². The average molecular weight is 412 g/mol. The number of nitrogens with zero attached hydrogens (tertiary/aromatic N) is 4. The molecule has 0 saturated heterocycles. The van der Waals surface area contributed by atoms with Crippen LogP contribution in [0.5, 0.6) is 5.75 Å². The molecular weight excluding hydrogens is 388 g/mol. The lowest BCUT2D eigenvalue weighted by atomic mass is 10.3.